The van der Waals surface area contributed by atoms with E-state index in [0.29, 0.717) is 24.8 Å². The van der Waals surface area contributed by atoms with Gasteiger partial charge in [-0.25, -0.2) is 9.97 Å². The van der Waals surface area contributed by atoms with Crippen molar-refractivity contribution in [3.05, 3.63) is 11.9 Å². The number of nitrogens with zero attached hydrogens (tertiary/aromatic N) is 3. The second-order valence-corrected chi connectivity index (χ2v) is 4.95. The molecule has 1 N–H and O–H groups in total. The largest absolute Gasteiger partial charge is 0.451 e. The van der Waals surface area contributed by atoms with Gasteiger partial charge in [-0.05, 0) is 32.6 Å². The van der Waals surface area contributed by atoms with E-state index in [0.717, 1.165) is 19.4 Å². The van der Waals surface area contributed by atoms with Crippen molar-refractivity contribution in [1.82, 2.24) is 9.97 Å². The fourth-order valence-corrected chi connectivity index (χ4v) is 1.99. The zero-order valence-electron chi connectivity index (χ0n) is 11.7. The molecule has 1 heterocycles. The maximum Gasteiger partial charge on any atom is 0.451 e. The minimum absolute atomic E-state index is 0.221. The van der Waals surface area contributed by atoms with Gasteiger partial charge in [0.15, 0.2) is 0 Å². The fraction of sp³-hybridized carbons (Fsp3) is 0.692. The number of nitrogens with one attached hydrogen (secondary N) is 1. The Morgan fingerprint density at radius 3 is 2.50 bits per heavy atom. The van der Waals surface area contributed by atoms with Crippen LogP contribution >= 0.6 is 0 Å². The van der Waals surface area contributed by atoms with Crippen molar-refractivity contribution < 1.29 is 13.2 Å². The Kier molecular flexibility index (Phi) is 4.35. The summed E-state index contributed by atoms with van der Waals surface area (Å²) in [7, 11) is 0. The van der Waals surface area contributed by atoms with Crippen LogP contribution in [0.2, 0.25) is 0 Å². The average Bonchev–Trinajstić information content (AvgIpc) is 3.19. The van der Waals surface area contributed by atoms with Gasteiger partial charge >= 0.3 is 6.18 Å². The van der Waals surface area contributed by atoms with Crippen molar-refractivity contribution in [2.24, 2.45) is 5.92 Å². The second-order valence-electron chi connectivity index (χ2n) is 4.95. The summed E-state index contributed by atoms with van der Waals surface area (Å²) in [5, 5.41) is 2.83. The number of aromatic nitrogens is 2. The van der Waals surface area contributed by atoms with Crippen LogP contribution in [0.3, 0.4) is 0 Å². The van der Waals surface area contributed by atoms with E-state index in [1.807, 2.05) is 18.7 Å². The monoisotopic (exact) mass is 288 g/mol. The van der Waals surface area contributed by atoms with E-state index in [-0.39, 0.29) is 5.82 Å². The third-order valence-electron chi connectivity index (χ3n) is 3.21. The Balaban J connectivity index is 2.31. The van der Waals surface area contributed by atoms with E-state index in [1.165, 1.54) is 0 Å². The molecule has 1 aromatic rings. The van der Waals surface area contributed by atoms with E-state index in [1.54, 1.807) is 6.07 Å². The second kappa shape index (κ2) is 5.85. The average molecular weight is 288 g/mol. The molecule has 1 aromatic heterocycles. The molecule has 1 saturated carbocycles. The van der Waals surface area contributed by atoms with Crippen LogP contribution in [-0.2, 0) is 6.18 Å². The predicted molar refractivity (Wildman–Crippen MR) is 71.8 cm³/mol. The first kappa shape index (κ1) is 14.9. The molecule has 0 saturated heterocycles. The summed E-state index contributed by atoms with van der Waals surface area (Å²) in [6, 6.07) is 1.59. The molecule has 0 spiro atoms. The minimum atomic E-state index is -4.53. The molecule has 0 unspecified atom stereocenters. The molecular weight excluding hydrogens is 269 g/mol. The van der Waals surface area contributed by atoms with Crippen molar-refractivity contribution in [3.8, 4) is 0 Å². The lowest BCUT2D eigenvalue weighted by Gasteiger charge is -2.23. The quantitative estimate of drug-likeness (QED) is 0.873. The highest BCUT2D eigenvalue weighted by molar-refractivity contribution is 5.49. The standard InChI is InChI=1S/C13H19F3N4/c1-3-17-10-7-11(19-12(18-10)13(14,15)16)20(4-2)8-9-5-6-9/h7,9H,3-6,8H2,1-2H3,(H,17,18,19). The predicted octanol–water partition coefficient (Wildman–Crippen LogP) is 3.16. The molecule has 7 heteroatoms. The number of hydrogen-bond acceptors (Lipinski definition) is 4. The van der Waals surface area contributed by atoms with Gasteiger partial charge in [-0.2, -0.15) is 13.2 Å². The van der Waals surface area contributed by atoms with Gasteiger partial charge in [0.2, 0.25) is 5.82 Å². The smallest absolute Gasteiger partial charge is 0.370 e. The first-order valence-corrected chi connectivity index (χ1v) is 6.89. The van der Waals surface area contributed by atoms with Crippen LogP contribution < -0.4 is 10.2 Å². The number of anilines is 2. The Morgan fingerprint density at radius 1 is 1.30 bits per heavy atom. The summed E-state index contributed by atoms with van der Waals surface area (Å²) >= 11 is 0. The molecule has 0 amide bonds. The summed E-state index contributed by atoms with van der Waals surface area (Å²) in [6.45, 7) is 5.65. The molecule has 2 rings (SSSR count). The number of halogens is 3. The van der Waals surface area contributed by atoms with Crippen LogP contribution in [0, 0.1) is 5.92 Å². The van der Waals surface area contributed by atoms with Crippen molar-refractivity contribution >= 4 is 11.6 Å². The number of alkyl halides is 3. The fourth-order valence-electron chi connectivity index (χ4n) is 1.99. The van der Waals surface area contributed by atoms with Gasteiger partial charge in [0.05, 0.1) is 0 Å². The third-order valence-corrected chi connectivity index (χ3v) is 3.21. The van der Waals surface area contributed by atoms with Crippen LogP contribution in [0.5, 0.6) is 0 Å². The lowest BCUT2D eigenvalue weighted by molar-refractivity contribution is -0.144. The van der Waals surface area contributed by atoms with Crippen LogP contribution in [0.4, 0.5) is 24.8 Å². The van der Waals surface area contributed by atoms with E-state index >= 15 is 0 Å². The molecule has 0 aromatic carbocycles. The van der Waals surface area contributed by atoms with Gasteiger partial charge in [0.1, 0.15) is 11.6 Å². The van der Waals surface area contributed by atoms with E-state index < -0.39 is 12.0 Å². The topological polar surface area (TPSA) is 41.0 Å². The van der Waals surface area contributed by atoms with Crippen LogP contribution in [-0.4, -0.2) is 29.6 Å². The molecule has 0 radical (unpaired) electrons. The van der Waals surface area contributed by atoms with E-state index in [9.17, 15) is 13.2 Å². The van der Waals surface area contributed by atoms with Crippen molar-refractivity contribution in [2.45, 2.75) is 32.9 Å². The zero-order chi connectivity index (χ0) is 14.8. The van der Waals surface area contributed by atoms with Gasteiger partial charge in [-0.15, -0.1) is 0 Å². The summed E-state index contributed by atoms with van der Waals surface area (Å²) in [4.78, 5) is 9.11. The van der Waals surface area contributed by atoms with Gasteiger partial charge in [0.25, 0.3) is 0 Å². The maximum atomic E-state index is 12.9. The molecule has 0 bridgehead atoms. The summed E-state index contributed by atoms with van der Waals surface area (Å²) < 4.78 is 38.6. The molecule has 4 nitrogen and oxygen atoms in total. The van der Waals surface area contributed by atoms with E-state index in [2.05, 4.69) is 15.3 Å². The normalized spacial score (nSPS) is 15.2. The van der Waals surface area contributed by atoms with Gasteiger partial charge < -0.3 is 10.2 Å². The SMILES string of the molecule is CCNc1cc(N(CC)CC2CC2)nc(C(F)(F)F)n1. The lowest BCUT2D eigenvalue weighted by Crippen LogP contribution is -2.27. The molecule has 1 aliphatic rings. The highest BCUT2D eigenvalue weighted by atomic mass is 19.4. The Labute approximate surface area is 116 Å². The molecule has 20 heavy (non-hydrogen) atoms. The Bertz CT molecular complexity index is 457. The van der Waals surface area contributed by atoms with Gasteiger partial charge in [-0.3, -0.25) is 0 Å². The Hall–Kier alpha value is -1.53. The third kappa shape index (κ3) is 3.74. The molecule has 0 atom stereocenters. The number of hydrogen-bond donors (Lipinski definition) is 1. The summed E-state index contributed by atoms with van der Waals surface area (Å²) in [5.41, 5.74) is 0. The van der Waals surface area contributed by atoms with Crippen molar-refractivity contribution in [1.29, 1.82) is 0 Å². The van der Waals surface area contributed by atoms with Crippen LogP contribution in [0.25, 0.3) is 0 Å². The first-order chi connectivity index (χ1) is 9.44. The maximum absolute atomic E-state index is 12.9. The molecule has 0 aliphatic heterocycles. The van der Waals surface area contributed by atoms with Crippen molar-refractivity contribution in [2.75, 3.05) is 29.9 Å². The molecule has 112 valence electrons. The minimum Gasteiger partial charge on any atom is -0.370 e. The zero-order valence-corrected chi connectivity index (χ0v) is 11.7. The molecule has 1 fully saturated rings. The first-order valence-electron chi connectivity index (χ1n) is 6.89. The van der Waals surface area contributed by atoms with Gasteiger partial charge in [-0.1, -0.05) is 0 Å². The van der Waals surface area contributed by atoms with Crippen molar-refractivity contribution in [3.63, 3.8) is 0 Å². The summed E-state index contributed by atoms with van der Waals surface area (Å²) in [5.74, 6) is 0.0683. The summed E-state index contributed by atoms with van der Waals surface area (Å²) in [6.07, 6.45) is -2.24. The van der Waals surface area contributed by atoms with Crippen LogP contribution in [0.15, 0.2) is 6.07 Å². The molecule has 1 aliphatic carbocycles. The highest BCUT2D eigenvalue weighted by Gasteiger charge is 2.36. The number of rotatable bonds is 6. The lowest BCUT2D eigenvalue weighted by atomic mass is 10.3. The van der Waals surface area contributed by atoms with Gasteiger partial charge in [0, 0.05) is 25.7 Å². The van der Waals surface area contributed by atoms with Crippen LogP contribution in [0.1, 0.15) is 32.5 Å². The molecular formula is C13H19F3N4. The Morgan fingerprint density at radius 2 is 2.00 bits per heavy atom. The highest BCUT2D eigenvalue weighted by Crippen LogP contribution is 2.33. The van der Waals surface area contributed by atoms with E-state index in [4.69, 9.17) is 0 Å².